The Hall–Kier alpha value is 0.531. The third-order valence-electron chi connectivity index (χ3n) is 3.92. The summed E-state index contributed by atoms with van der Waals surface area (Å²) >= 11 is 0. The van der Waals surface area contributed by atoms with E-state index in [2.05, 4.69) is 51.2 Å². The zero-order chi connectivity index (χ0) is 16.8. The smallest absolute Gasteiger partial charge is 0.186 e. The van der Waals surface area contributed by atoms with Crippen molar-refractivity contribution in [2.45, 2.75) is 103 Å². The number of hydrogen-bond donors (Lipinski definition) is 1. The molecule has 1 aliphatic rings. The molecule has 1 unspecified atom stereocenters. The summed E-state index contributed by atoms with van der Waals surface area (Å²) in [4.78, 5) is 4.04. The second-order valence-electron chi connectivity index (χ2n) is 8.73. The molecule has 0 amide bonds. The van der Waals surface area contributed by atoms with Crippen LogP contribution in [0.1, 0.15) is 45.4 Å². The first kappa shape index (κ1) is 20.6. The van der Waals surface area contributed by atoms with E-state index in [0.717, 1.165) is 6.04 Å². The van der Waals surface area contributed by atoms with Crippen molar-refractivity contribution in [3.63, 3.8) is 0 Å². The second-order valence-corrected chi connectivity index (χ2v) is 20.3. The minimum absolute atomic E-state index is 0.0696. The third-order valence-corrected chi connectivity index (χ3v) is 9.37. The molecule has 3 nitrogen and oxygen atoms in total. The lowest BCUT2D eigenvalue weighted by Gasteiger charge is -2.38. The van der Waals surface area contributed by atoms with E-state index >= 15 is 0 Å². The molecule has 0 bridgehead atoms. The van der Waals surface area contributed by atoms with E-state index < -0.39 is 25.6 Å². The van der Waals surface area contributed by atoms with Crippen molar-refractivity contribution in [3.05, 3.63) is 0 Å². The molecule has 1 atom stereocenters. The summed E-state index contributed by atoms with van der Waals surface area (Å²) in [6.45, 7) is 16.0. The van der Waals surface area contributed by atoms with Crippen LogP contribution in [0.2, 0.25) is 45.3 Å². The predicted octanol–water partition coefficient (Wildman–Crippen LogP) is 4.61. The van der Waals surface area contributed by atoms with E-state index in [0.29, 0.717) is 0 Å². The Balaban J connectivity index is 2.77. The van der Waals surface area contributed by atoms with Gasteiger partial charge in [-0.05, 0) is 58.2 Å². The molecule has 0 radical (unpaired) electrons. The van der Waals surface area contributed by atoms with Crippen LogP contribution in [0.3, 0.4) is 0 Å². The molecule has 22 heavy (non-hydrogen) atoms. The zero-order valence-corrected chi connectivity index (χ0v) is 19.2. The van der Waals surface area contributed by atoms with Gasteiger partial charge in [-0.25, -0.2) is 0 Å². The molecule has 0 heterocycles. The van der Waals surface area contributed by atoms with Crippen molar-refractivity contribution in [2.24, 2.45) is 0 Å². The first-order valence-corrected chi connectivity index (χ1v) is 18.1. The molecule has 0 aromatic carbocycles. The molecule has 0 aliphatic heterocycles. The van der Waals surface area contributed by atoms with Crippen molar-refractivity contribution >= 4 is 25.6 Å². The van der Waals surface area contributed by atoms with Gasteiger partial charge >= 0.3 is 0 Å². The van der Waals surface area contributed by atoms with Gasteiger partial charge in [0, 0.05) is 6.04 Å². The summed E-state index contributed by atoms with van der Waals surface area (Å²) in [5.74, 6) is 0.0696. The van der Waals surface area contributed by atoms with Crippen LogP contribution in [0, 0.1) is 0 Å². The molecule has 1 aliphatic carbocycles. The van der Waals surface area contributed by atoms with Crippen molar-refractivity contribution in [3.8, 4) is 0 Å². The second kappa shape index (κ2) is 9.13. The third kappa shape index (κ3) is 8.98. The Morgan fingerprint density at radius 2 is 1.45 bits per heavy atom. The van der Waals surface area contributed by atoms with Crippen molar-refractivity contribution in [2.75, 3.05) is 0 Å². The standard InChI is InChI=1S/C16H39NO2Si3/c1-8-14-20(17-15-12-10-9-11-13-15)16(18-21(2,3)4)19-22(5,6)7/h15-17,20H,8-14H2,1-7H3. The Bertz CT molecular complexity index is 293. The number of rotatable bonds is 9. The quantitative estimate of drug-likeness (QED) is 0.480. The van der Waals surface area contributed by atoms with Gasteiger partial charge in [0.1, 0.15) is 5.91 Å². The Kier molecular flexibility index (Phi) is 8.54. The highest BCUT2D eigenvalue weighted by Gasteiger charge is 2.34. The Labute approximate surface area is 142 Å². The molecule has 1 N–H and O–H groups in total. The van der Waals surface area contributed by atoms with Gasteiger partial charge in [-0.2, -0.15) is 0 Å². The average molecular weight is 362 g/mol. The maximum atomic E-state index is 6.52. The van der Waals surface area contributed by atoms with E-state index in [1.807, 2.05) is 0 Å². The van der Waals surface area contributed by atoms with Crippen LogP contribution < -0.4 is 4.98 Å². The van der Waals surface area contributed by atoms with E-state index in [1.165, 1.54) is 44.6 Å². The van der Waals surface area contributed by atoms with Gasteiger partial charge in [0.15, 0.2) is 25.6 Å². The SMILES string of the molecule is CCC[SiH](NC1CCCCC1)C(O[Si](C)(C)C)O[Si](C)(C)C. The highest BCUT2D eigenvalue weighted by molar-refractivity contribution is 6.73. The number of nitrogens with one attached hydrogen (secondary N) is 1. The van der Waals surface area contributed by atoms with Gasteiger partial charge in [0.05, 0.1) is 0 Å². The van der Waals surface area contributed by atoms with E-state index in [4.69, 9.17) is 8.85 Å². The van der Waals surface area contributed by atoms with E-state index in [-0.39, 0.29) is 5.91 Å². The van der Waals surface area contributed by atoms with Gasteiger partial charge in [-0.15, -0.1) is 0 Å². The maximum absolute atomic E-state index is 6.52. The molecule has 0 aromatic heterocycles. The van der Waals surface area contributed by atoms with Crippen molar-refractivity contribution < 1.29 is 8.85 Å². The van der Waals surface area contributed by atoms with Crippen molar-refractivity contribution in [1.29, 1.82) is 0 Å². The zero-order valence-electron chi connectivity index (χ0n) is 16.0. The van der Waals surface area contributed by atoms with Gasteiger partial charge in [-0.1, -0.05) is 32.6 Å². The lowest BCUT2D eigenvalue weighted by atomic mass is 9.96. The lowest BCUT2D eigenvalue weighted by Crippen LogP contribution is -2.56. The Morgan fingerprint density at radius 3 is 1.86 bits per heavy atom. The van der Waals surface area contributed by atoms with Crippen LogP contribution in [0.25, 0.3) is 0 Å². The summed E-state index contributed by atoms with van der Waals surface area (Å²) in [5, 5.41) is 0. The molecule has 0 spiro atoms. The lowest BCUT2D eigenvalue weighted by molar-refractivity contribution is 0.0539. The van der Waals surface area contributed by atoms with E-state index in [9.17, 15) is 0 Å². The fourth-order valence-corrected chi connectivity index (χ4v) is 10.6. The molecule has 1 fully saturated rings. The van der Waals surface area contributed by atoms with Crippen LogP contribution in [0.4, 0.5) is 0 Å². The van der Waals surface area contributed by atoms with Crippen LogP contribution >= 0.6 is 0 Å². The largest absolute Gasteiger partial charge is 0.396 e. The first-order chi connectivity index (χ1) is 10.1. The normalized spacial score (nSPS) is 19.6. The molecule has 1 saturated carbocycles. The minimum atomic E-state index is -1.59. The van der Waals surface area contributed by atoms with Crippen LogP contribution in [-0.2, 0) is 8.85 Å². The van der Waals surface area contributed by atoms with Crippen LogP contribution in [0.15, 0.2) is 0 Å². The topological polar surface area (TPSA) is 30.5 Å². The monoisotopic (exact) mass is 361 g/mol. The van der Waals surface area contributed by atoms with Gasteiger partial charge < -0.3 is 13.8 Å². The highest BCUT2D eigenvalue weighted by atomic mass is 28.4. The molecular formula is C16H39NO2Si3. The van der Waals surface area contributed by atoms with E-state index in [1.54, 1.807) is 0 Å². The predicted molar refractivity (Wildman–Crippen MR) is 105 cm³/mol. The summed E-state index contributed by atoms with van der Waals surface area (Å²) in [6, 6.07) is 1.99. The fourth-order valence-electron chi connectivity index (χ4n) is 3.07. The summed E-state index contributed by atoms with van der Waals surface area (Å²) < 4.78 is 13.0. The van der Waals surface area contributed by atoms with Crippen LogP contribution in [-0.4, -0.2) is 37.5 Å². The highest BCUT2D eigenvalue weighted by Crippen LogP contribution is 2.22. The first-order valence-electron chi connectivity index (χ1n) is 9.22. The molecular weight excluding hydrogens is 322 g/mol. The summed E-state index contributed by atoms with van der Waals surface area (Å²) in [7, 11) is -4.42. The summed E-state index contributed by atoms with van der Waals surface area (Å²) in [5.41, 5.74) is 0. The molecule has 132 valence electrons. The summed E-state index contributed by atoms with van der Waals surface area (Å²) in [6.07, 6.45) is 8.12. The van der Waals surface area contributed by atoms with Crippen molar-refractivity contribution in [1.82, 2.24) is 4.98 Å². The molecule has 1 rings (SSSR count). The Morgan fingerprint density at radius 1 is 0.955 bits per heavy atom. The fraction of sp³-hybridized carbons (Fsp3) is 1.00. The molecule has 0 saturated heterocycles. The molecule has 6 heteroatoms. The van der Waals surface area contributed by atoms with Crippen LogP contribution in [0.5, 0.6) is 0 Å². The average Bonchev–Trinajstić information content (AvgIpc) is 2.35. The van der Waals surface area contributed by atoms with Gasteiger partial charge in [-0.3, -0.25) is 0 Å². The maximum Gasteiger partial charge on any atom is 0.186 e. The van der Waals surface area contributed by atoms with Gasteiger partial charge in [0.2, 0.25) is 0 Å². The number of hydrogen-bond acceptors (Lipinski definition) is 3. The minimum Gasteiger partial charge on any atom is -0.396 e. The van der Waals surface area contributed by atoms with Gasteiger partial charge in [0.25, 0.3) is 0 Å². The molecule has 0 aromatic rings.